The average Bonchev–Trinajstić information content (AvgIpc) is 2.83. The first-order valence-corrected chi connectivity index (χ1v) is 6.50. The summed E-state index contributed by atoms with van der Waals surface area (Å²) in [5, 5.41) is 3.41. The van der Waals surface area contributed by atoms with E-state index in [2.05, 4.69) is 5.32 Å². The van der Waals surface area contributed by atoms with Crippen LogP contribution in [0.3, 0.4) is 0 Å². The summed E-state index contributed by atoms with van der Waals surface area (Å²) in [5.41, 5.74) is 0. The van der Waals surface area contributed by atoms with Crippen LogP contribution in [-0.4, -0.2) is 18.7 Å². The van der Waals surface area contributed by atoms with Gasteiger partial charge in [-0.05, 0) is 31.9 Å². The van der Waals surface area contributed by atoms with Crippen LogP contribution in [0.25, 0.3) is 0 Å². The fraction of sp³-hybridized carbons (Fsp3) is 0.571. The molecular formula is C14H19F2NO. The van der Waals surface area contributed by atoms with Gasteiger partial charge in [-0.3, -0.25) is 0 Å². The molecule has 2 rings (SSSR count). The topological polar surface area (TPSA) is 21.3 Å². The second-order valence-corrected chi connectivity index (χ2v) is 4.89. The molecule has 0 saturated heterocycles. The number of rotatable bonds is 5. The van der Waals surface area contributed by atoms with Crippen LogP contribution in [0.2, 0.25) is 0 Å². The normalized spacial score (nSPS) is 17.9. The maximum atomic E-state index is 13.4. The second-order valence-electron chi connectivity index (χ2n) is 4.89. The maximum absolute atomic E-state index is 13.4. The molecule has 0 aliphatic heterocycles. The maximum Gasteiger partial charge on any atom is 0.167 e. The molecule has 1 saturated carbocycles. The number of hydrogen-bond donors (Lipinski definition) is 1. The predicted molar refractivity (Wildman–Crippen MR) is 66.7 cm³/mol. The molecule has 100 valence electrons. The molecule has 1 fully saturated rings. The van der Waals surface area contributed by atoms with Gasteiger partial charge in [0, 0.05) is 18.7 Å². The number of ether oxygens (including phenoxy) is 1. The molecule has 1 aliphatic carbocycles. The van der Waals surface area contributed by atoms with E-state index >= 15 is 0 Å². The van der Waals surface area contributed by atoms with Crippen molar-refractivity contribution in [2.75, 3.05) is 6.54 Å². The molecule has 1 aromatic rings. The van der Waals surface area contributed by atoms with E-state index in [4.69, 9.17) is 4.74 Å². The van der Waals surface area contributed by atoms with E-state index < -0.39 is 11.6 Å². The molecule has 1 unspecified atom stereocenters. The zero-order chi connectivity index (χ0) is 13.0. The summed E-state index contributed by atoms with van der Waals surface area (Å²) < 4.78 is 31.6. The van der Waals surface area contributed by atoms with E-state index in [1.165, 1.54) is 37.8 Å². The van der Waals surface area contributed by atoms with Gasteiger partial charge in [-0.1, -0.05) is 12.8 Å². The fourth-order valence-electron chi connectivity index (χ4n) is 2.29. The van der Waals surface area contributed by atoms with Gasteiger partial charge in [0.15, 0.2) is 11.6 Å². The minimum atomic E-state index is -0.650. The monoisotopic (exact) mass is 255 g/mol. The first-order valence-electron chi connectivity index (χ1n) is 6.50. The molecule has 4 heteroatoms. The lowest BCUT2D eigenvalue weighted by molar-refractivity contribution is 0.202. The van der Waals surface area contributed by atoms with Crippen molar-refractivity contribution in [1.82, 2.24) is 5.32 Å². The van der Waals surface area contributed by atoms with Crippen LogP contribution in [0.4, 0.5) is 8.78 Å². The molecule has 0 aromatic heterocycles. The van der Waals surface area contributed by atoms with Crippen molar-refractivity contribution in [3.8, 4) is 5.75 Å². The highest BCUT2D eigenvalue weighted by Gasteiger charge is 2.16. The quantitative estimate of drug-likeness (QED) is 0.872. The van der Waals surface area contributed by atoms with Crippen LogP contribution >= 0.6 is 0 Å². The number of hydrogen-bond acceptors (Lipinski definition) is 2. The van der Waals surface area contributed by atoms with Crippen molar-refractivity contribution in [2.45, 2.75) is 44.8 Å². The van der Waals surface area contributed by atoms with Gasteiger partial charge in [-0.25, -0.2) is 8.78 Å². The molecule has 0 amide bonds. The molecule has 1 aromatic carbocycles. The lowest BCUT2D eigenvalue weighted by atomic mass is 10.2. The van der Waals surface area contributed by atoms with E-state index in [1.807, 2.05) is 6.92 Å². The fourth-order valence-corrected chi connectivity index (χ4v) is 2.29. The van der Waals surface area contributed by atoms with E-state index in [9.17, 15) is 8.78 Å². The molecule has 0 spiro atoms. The van der Waals surface area contributed by atoms with Crippen molar-refractivity contribution in [3.05, 3.63) is 29.8 Å². The lowest BCUT2D eigenvalue weighted by Gasteiger charge is -2.18. The van der Waals surface area contributed by atoms with E-state index in [-0.39, 0.29) is 11.9 Å². The Balaban J connectivity index is 1.80. The molecule has 0 bridgehead atoms. The minimum Gasteiger partial charge on any atom is -0.486 e. The molecule has 1 atom stereocenters. The van der Waals surface area contributed by atoms with E-state index in [1.54, 1.807) is 0 Å². The molecule has 1 aliphatic rings. The van der Waals surface area contributed by atoms with Gasteiger partial charge in [-0.15, -0.1) is 0 Å². The lowest BCUT2D eigenvalue weighted by Crippen LogP contribution is -2.35. The Hall–Kier alpha value is -1.16. The van der Waals surface area contributed by atoms with Gasteiger partial charge in [0.2, 0.25) is 0 Å². The van der Waals surface area contributed by atoms with Gasteiger partial charge in [0.25, 0.3) is 0 Å². The number of nitrogens with one attached hydrogen (secondary N) is 1. The summed E-state index contributed by atoms with van der Waals surface area (Å²) in [5.74, 6) is -1.13. The van der Waals surface area contributed by atoms with Crippen molar-refractivity contribution in [2.24, 2.45) is 0 Å². The first-order chi connectivity index (χ1) is 8.65. The third-order valence-corrected chi connectivity index (χ3v) is 3.27. The SMILES string of the molecule is CC(CNC1CCCC1)Oc1ccc(F)cc1F. The minimum absolute atomic E-state index is 0.108. The highest BCUT2D eigenvalue weighted by atomic mass is 19.1. The Kier molecular flexibility index (Phi) is 4.53. The highest BCUT2D eigenvalue weighted by molar-refractivity contribution is 5.24. The summed E-state index contributed by atoms with van der Waals surface area (Å²) in [6, 6.07) is 3.94. The van der Waals surface area contributed by atoms with Gasteiger partial charge in [0.1, 0.15) is 11.9 Å². The molecule has 2 nitrogen and oxygen atoms in total. The standard InChI is InChI=1S/C14H19F2NO/c1-10(9-17-12-4-2-3-5-12)18-14-7-6-11(15)8-13(14)16/h6-8,10,12,17H,2-5,9H2,1H3. The average molecular weight is 255 g/mol. The molecule has 18 heavy (non-hydrogen) atoms. The summed E-state index contributed by atoms with van der Waals surface area (Å²) in [6.07, 6.45) is 4.83. The Labute approximate surface area is 106 Å². The van der Waals surface area contributed by atoms with Crippen molar-refractivity contribution in [3.63, 3.8) is 0 Å². The van der Waals surface area contributed by atoms with Crippen LogP contribution in [0.15, 0.2) is 18.2 Å². The zero-order valence-electron chi connectivity index (χ0n) is 10.6. The summed E-state index contributed by atoms with van der Waals surface area (Å²) in [6.45, 7) is 2.56. The van der Waals surface area contributed by atoms with Crippen LogP contribution in [0.5, 0.6) is 5.75 Å². The second kappa shape index (κ2) is 6.14. The molecule has 0 heterocycles. The van der Waals surface area contributed by atoms with E-state index in [0.29, 0.717) is 12.6 Å². The smallest absolute Gasteiger partial charge is 0.167 e. The number of halogens is 2. The largest absolute Gasteiger partial charge is 0.486 e. The van der Waals surface area contributed by atoms with E-state index in [0.717, 1.165) is 6.07 Å². The van der Waals surface area contributed by atoms with Gasteiger partial charge in [-0.2, -0.15) is 0 Å². The summed E-state index contributed by atoms with van der Waals surface area (Å²) in [4.78, 5) is 0. The Morgan fingerprint density at radius 1 is 1.33 bits per heavy atom. The van der Waals surface area contributed by atoms with Crippen LogP contribution in [-0.2, 0) is 0 Å². The summed E-state index contributed by atoms with van der Waals surface area (Å²) in [7, 11) is 0. The van der Waals surface area contributed by atoms with Crippen molar-refractivity contribution >= 4 is 0 Å². The van der Waals surface area contributed by atoms with Crippen LogP contribution < -0.4 is 10.1 Å². The van der Waals surface area contributed by atoms with Gasteiger partial charge >= 0.3 is 0 Å². The first kappa shape index (κ1) is 13.3. The van der Waals surface area contributed by atoms with Gasteiger partial charge < -0.3 is 10.1 Å². The van der Waals surface area contributed by atoms with Crippen molar-refractivity contribution < 1.29 is 13.5 Å². The zero-order valence-corrected chi connectivity index (χ0v) is 10.6. The molecule has 1 N–H and O–H groups in total. The Morgan fingerprint density at radius 3 is 2.72 bits per heavy atom. The van der Waals surface area contributed by atoms with Gasteiger partial charge in [0.05, 0.1) is 0 Å². The van der Waals surface area contributed by atoms with Crippen LogP contribution in [0, 0.1) is 11.6 Å². The van der Waals surface area contributed by atoms with Crippen molar-refractivity contribution in [1.29, 1.82) is 0 Å². The highest BCUT2D eigenvalue weighted by Crippen LogP contribution is 2.20. The Morgan fingerprint density at radius 2 is 2.06 bits per heavy atom. The predicted octanol–water partition coefficient (Wildman–Crippen LogP) is 3.26. The molecule has 0 radical (unpaired) electrons. The van der Waals surface area contributed by atoms with Crippen LogP contribution in [0.1, 0.15) is 32.6 Å². The summed E-state index contributed by atoms with van der Waals surface area (Å²) >= 11 is 0. The molecular weight excluding hydrogens is 236 g/mol. The third-order valence-electron chi connectivity index (χ3n) is 3.27. The number of benzene rings is 1. The third kappa shape index (κ3) is 3.67. The Bertz CT molecular complexity index is 391.